The van der Waals surface area contributed by atoms with E-state index in [1.807, 2.05) is 36.4 Å². The number of ether oxygens (including phenoxy) is 1. The fraction of sp³-hybridized carbons (Fsp3) is 0.300. The topological polar surface area (TPSA) is 106 Å². The lowest BCUT2D eigenvalue weighted by atomic mass is 9.82. The van der Waals surface area contributed by atoms with Crippen molar-refractivity contribution in [3.63, 3.8) is 0 Å². The molecule has 1 aliphatic carbocycles. The summed E-state index contributed by atoms with van der Waals surface area (Å²) in [5.41, 5.74) is 1.16. The summed E-state index contributed by atoms with van der Waals surface area (Å²) in [7, 11) is 0. The molecule has 2 atom stereocenters. The normalized spacial score (nSPS) is 18.5. The van der Waals surface area contributed by atoms with Crippen LogP contribution >= 0.6 is 11.3 Å². The van der Waals surface area contributed by atoms with Crippen LogP contribution in [0.5, 0.6) is 0 Å². The Morgan fingerprint density at radius 3 is 2.50 bits per heavy atom. The van der Waals surface area contributed by atoms with Gasteiger partial charge in [-0.15, -0.1) is 0 Å². The molecule has 0 spiro atoms. The number of carboxylic acid groups (broad SMARTS) is 1. The van der Waals surface area contributed by atoms with Gasteiger partial charge in [-0.25, -0.2) is 9.78 Å². The van der Waals surface area contributed by atoms with Gasteiger partial charge < -0.3 is 15.2 Å². The third-order valence-electron chi connectivity index (χ3n) is 4.45. The van der Waals surface area contributed by atoms with Crippen LogP contribution in [0.3, 0.4) is 0 Å². The van der Waals surface area contributed by atoms with E-state index >= 15 is 0 Å². The van der Waals surface area contributed by atoms with Gasteiger partial charge in [0, 0.05) is 5.56 Å². The molecule has 1 amide bonds. The molecule has 1 heterocycles. The number of thiazole rings is 1. The number of aliphatic carboxylic acids is 1. The van der Waals surface area contributed by atoms with Gasteiger partial charge in [-0.05, 0) is 19.8 Å². The fourth-order valence-corrected chi connectivity index (χ4v) is 3.96. The maximum atomic E-state index is 12.7. The summed E-state index contributed by atoms with van der Waals surface area (Å²) in [6.07, 6.45) is 4.25. The number of aromatic nitrogens is 1. The fourth-order valence-electron chi connectivity index (χ4n) is 3.08. The van der Waals surface area contributed by atoms with Crippen LogP contribution in [0.1, 0.15) is 29.4 Å². The number of hydrogen-bond acceptors (Lipinski definition) is 6. The first-order valence-corrected chi connectivity index (χ1v) is 9.75. The monoisotopic (exact) mass is 400 g/mol. The van der Waals surface area contributed by atoms with Crippen LogP contribution in [0.2, 0.25) is 0 Å². The molecule has 7 nitrogen and oxygen atoms in total. The molecule has 2 aromatic rings. The van der Waals surface area contributed by atoms with Crippen LogP contribution in [0, 0.1) is 11.8 Å². The Labute approximate surface area is 166 Å². The molecule has 1 aromatic heterocycles. The number of nitrogens with one attached hydrogen (secondary N) is 1. The number of carboxylic acids is 1. The Kier molecular flexibility index (Phi) is 6.20. The van der Waals surface area contributed by atoms with Crippen molar-refractivity contribution in [2.24, 2.45) is 11.8 Å². The summed E-state index contributed by atoms with van der Waals surface area (Å²) < 4.78 is 5.11. The van der Waals surface area contributed by atoms with E-state index in [0.717, 1.165) is 16.9 Å². The van der Waals surface area contributed by atoms with Crippen LogP contribution in [-0.4, -0.2) is 34.5 Å². The van der Waals surface area contributed by atoms with Crippen molar-refractivity contribution in [3.8, 4) is 11.3 Å². The highest BCUT2D eigenvalue weighted by Crippen LogP contribution is 2.33. The second kappa shape index (κ2) is 8.79. The average molecular weight is 400 g/mol. The molecule has 0 fully saturated rings. The molecule has 0 bridgehead atoms. The lowest BCUT2D eigenvalue weighted by Gasteiger charge is -2.23. The minimum atomic E-state index is -0.999. The maximum Gasteiger partial charge on any atom is 0.350 e. The number of benzene rings is 1. The van der Waals surface area contributed by atoms with Gasteiger partial charge in [0.2, 0.25) is 5.91 Å². The smallest absolute Gasteiger partial charge is 0.350 e. The first kappa shape index (κ1) is 19.8. The molecule has 0 unspecified atom stereocenters. The molecule has 146 valence electrons. The van der Waals surface area contributed by atoms with Crippen LogP contribution in [0.15, 0.2) is 42.5 Å². The van der Waals surface area contributed by atoms with E-state index in [-0.39, 0.29) is 11.7 Å². The van der Waals surface area contributed by atoms with Crippen molar-refractivity contribution in [1.82, 2.24) is 4.98 Å². The van der Waals surface area contributed by atoms with Gasteiger partial charge in [-0.3, -0.25) is 9.59 Å². The second-order valence-corrected chi connectivity index (χ2v) is 7.27. The molecule has 2 N–H and O–H groups in total. The zero-order valence-corrected chi connectivity index (χ0v) is 16.1. The number of carbonyl (C=O) groups is 3. The number of anilines is 1. The molecule has 1 aliphatic rings. The molecule has 0 saturated carbocycles. The van der Waals surface area contributed by atoms with Crippen LogP contribution in [0.25, 0.3) is 11.3 Å². The number of amides is 1. The van der Waals surface area contributed by atoms with E-state index in [1.54, 1.807) is 13.0 Å². The van der Waals surface area contributed by atoms with Crippen molar-refractivity contribution in [1.29, 1.82) is 0 Å². The third-order valence-corrected chi connectivity index (χ3v) is 5.40. The van der Waals surface area contributed by atoms with E-state index in [0.29, 0.717) is 23.4 Å². The highest BCUT2D eigenvalue weighted by Gasteiger charge is 2.34. The molecule has 1 aromatic carbocycles. The molecule has 0 aliphatic heterocycles. The Bertz CT molecular complexity index is 907. The van der Waals surface area contributed by atoms with Gasteiger partial charge in [0.1, 0.15) is 4.88 Å². The first-order chi connectivity index (χ1) is 13.5. The largest absolute Gasteiger partial charge is 0.481 e. The molecule has 0 saturated heterocycles. The molecular formula is C20H20N2O5S. The minimum Gasteiger partial charge on any atom is -0.481 e. The summed E-state index contributed by atoms with van der Waals surface area (Å²) >= 11 is 1.02. The van der Waals surface area contributed by atoms with Gasteiger partial charge >= 0.3 is 11.9 Å². The lowest BCUT2D eigenvalue weighted by Crippen LogP contribution is -2.34. The summed E-state index contributed by atoms with van der Waals surface area (Å²) in [6.45, 7) is 1.94. The van der Waals surface area contributed by atoms with Crippen molar-refractivity contribution in [2.75, 3.05) is 11.9 Å². The number of carbonyl (C=O) groups excluding carboxylic acids is 2. The number of rotatable bonds is 6. The number of hydrogen-bond donors (Lipinski definition) is 2. The van der Waals surface area contributed by atoms with Crippen molar-refractivity contribution in [2.45, 2.75) is 19.8 Å². The standard InChI is InChI=1S/C20H20N2O5S/c1-2-27-19(26)16-15(12-8-4-3-5-9-12)21-20(28-16)22-17(23)13-10-6-7-11-14(13)18(24)25/h3-9,13-14H,2,10-11H2,1H3,(H,24,25)(H,21,22,23)/t13-,14-/m1/s1. The zero-order chi connectivity index (χ0) is 20.1. The Hall–Kier alpha value is -3.00. The number of nitrogens with zero attached hydrogens (tertiary/aromatic N) is 1. The zero-order valence-electron chi connectivity index (χ0n) is 15.3. The molecule has 3 rings (SSSR count). The Morgan fingerprint density at radius 1 is 1.18 bits per heavy atom. The van der Waals surface area contributed by atoms with E-state index in [1.165, 1.54) is 0 Å². The Balaban J connectivity index is 1.88. The van der Waals surface area contributed by atoms with Crippen molar-refractivity contribution < 1.29 is 24.2 Å². The van der Waals surface area contributed by atoms with E-state index in [2.05, 4.69) is 10.3 Å². The number of allylic oxidation sites excluding steroid dienone is 2. The van der Waals surface area contributed by atoms with Crippen LogP contribution in [0.4, 0.5) is 5.13 Å². The summed E-state index contributed by atoms with van der Waals surface area (Å²) in [6, 6.07) is 9.14. The van der Waals surface area contributed by atoms with Gasteiger partial charge in [0.15, 0.2) is 5.13 Å². The first-order valence-electron chi connectivity index (χ1n) is 8.93. The van der Waals surface area contributed by atoms with E-state index < -0.39 is 29.7 Å². The van der Waals surface area contributed by atoms with E-state index in [4.69, 9.17) is 4.74 Å². The van der Waals surface area contributed by atoms with Crippen molar-refractivity contribution >= 4 is 34.3 Å². The quantitative estimate of drug-likeness (QED) is 0.567. The van der Waals surface area contributed by atoms with Crippen LogP contribution < -0.4 is 5.32 Å². The lowest BCUT2D eigenvalue weighted by molar-refractivity contribution is -0.146. The Morgan fingerprint density at radius 2 is 1.86 bits per heavy atom. The summed E-state index contributed by atoms with van der Waals surface area (Å²) in [5.74, 6) is -3.38. The minimum absolute atomic E-state index is 0.224. The van der Waals surface area contributed by atoms with Gasteiger partial charge in [0.25, 0.3) is 0 Å². The molecular weight excluding hydrogens is 380 g/mol. The maximum absolute atomic E-state index is 12.7. The highest BCUT2D eigenvalue weighted by atomic mass is 32.1. The third kappa shape index (κ3) is 4.28. The number of esters is 1. The highest BCUT2D eigenvalue weighted by molar-refractivity contribution is 7.18. The summed E-state index contributed by atoms with van der Waals surface area (Å²) in [4.78, 5) is 41.1. The summed E-state index contributed by atoms with van der Waals surface area (Å²) in [5, 5.41) is 12.3. The molecule has 0 radical (unpaired) electrons. The van der Waals surface area contributed by atoms with E-state index in [9.17, 15) is 19.5 Å². The van der Waals surface area contributed by atoms with Gasteiger partial charge in [-0.2, -0.15) is 0 Å². The average Bonchev–Trinajstić information content (AvgIpc) is 3.12. The van der Waals surface area contributed by atoms with Crippen molar-refractivity contribution in [3.05, 3.63) is 47.4 Å². The second-order valence-electron chi connectivity index (χ2n) is 6.27. The van der Waals surface area contributed by atoms with Crippen LogP contribution in [-0.2, 0) is 14.3 Å². The van der Waals surface area contributed by atoms with Gasteiger partial charge in [0.05, 0.1) is 24.1 Å². The SMILES string of the molecule is CCOC(=O)c1sc(NC(=O)[C@@H]2CC=CC[C@H]2C(=O)O)nc1-c1ccccc1. The van der Waals surface area contributed by atoms with Gasteiger partial charge in [-0.1, -0.05) is 53.8 Å². The molecule has 28 heavy (non-hydrogen) atoms. The molecule has 8 heteroatoms. The predicted molar refractivity (Wildman–Crippen MR) is 105 cm³/mol. The predicted octanol–water partition coefficient (Wildman–Crippen LogP) is 3.59.